The fourth-order valence-corrected chi connectivity index (χ4v) is 3.87. The van der Waals surface area contributed by atoms with Gasteiger partial charge in [-0.2, -0.15) is 0 Å². The molecule has 3 aromatic heterocycles. The molecule has 0 atom stereocenters. The summed E-state index contributed by atoms with van der Waals surface area (Å²) >= 11 is 0. The molecule has 0 saturated heterocycles. The molecule has 5 rings (SSSR count). The summed E-state index contributed by atoms with van der Waals surface area (Å²) in [4.78, 5) is 24.9. The Hall–Kier alpha value is -2.95. The molecule has 0 unspecified atom stereocenters. The van der Waals surface area contributed by atoms with Gasteiger partial charge < -0.3 is 10.3 Å². The lowest BCUT2D eigenvalue weighted by molar-refractivity contribution is 0.0937. The predicted molar refractivity (Wildman–Crippen MR) is 105 cm³/mol. The number of hydrogen-bond donors (Lipinski definition) is 2. The molecule has 27 heavy (non-hydrogen) atoms. The molecule has 136 valence electrons. The molecule has 4 heterocycles. The number of carbonyl (C=O) groups is 1. The molecule has 1 aliphatic carbocycles. The number of pyridine rings is 2. The molecule has 0 aromatic carbocycles. The summed E-state index contributed by atoms with van der Waals surface area (Å²) in [6, 6.07) is 10.1. The molecule has 1 saturated carbocycles. The number of aromatic nitrogens is 3. The second-order valence-corrected chi connectivity index (χ2v) is 7.99. The minimum atomic E-state index is 0.0211. The van der Waals surface area contributed by atoms with E-state index in [-0.39, 0.29) is 11.3 Å². The van der Waals surface area contributed by atoms with Gasteiger partial charge in [-0.05, 0) is 49.1 Å². The average Bonchev–Trinajstić information content (AvgIpc) is 3.32. The number of nitrogens with one attached hydrogen (secondary N) is 2. The van der Waals surface area contributed by atoms with Crippen molar-refractivity contribution < 1.29 is 4.79 Å². The Morgan fingerprint density at radius 2 is 1.93 bits per heavy atom. The quantitative estimate of drug-likeness (QED) is 0.742. The minimum absolute atomic E-state index is 0.0211. The van der Waals surface area contributed by atoms with Crippen molar-refractivity contribution in [2.75, 3.05) is 6.54 Å². The second kappa shape index (κ2) is 5.78. The van der Waals surface area contributed by atoms with E-state index in [1.807, 2.05) is 24.5 Å². The largest absolute Gasteiger partial charge is 0.357 e. The molecule has 1 aliphatic heterocycles. The standard InChI is InChI=1S/C22H22N4O/c1-13(2)17-4-3-15(11-24-17)18-9-14(5-8-23-18)19-10-16-20(26-19)22(6-7-22)12-25-21(16)27/h3-5,8-11,13,26H,6-7,12H2,1-2H3,(H,25,27). The zero-order valence-corrected chi connectivity index (χ0v) is 15.5. The molecule has 1 fully saturated rings. The highest BCUT2D eigenvalue weighted by Crippen LogP contribution is 2.50. The van der Waals surface area contributed by atoms with Crippen molar-refractivity contribution >= 4 is 5.91 Å². The van der Waals surface area contributed by atoms with Crippen molar-refractivity contribution in [1.29, 1.82) is 0 Å². The highest BCUT2D eigenvalue weighted by Gasteiger charge is 2.50. The third kappa shape index (κ3) is 2.65. The van der Waals surface area contributed by atoms with E-state index in [0.717, 1.165) is 58.9 Å². The third-order valence-electron chi connectivity index (χ3n) is 5.78. The smallest absolute Gasteiger partial charge is 0.253 e. The summed E-state index contributed by atoms with van der Waals surface area (Å²) in [5.41, 5.74) is 6.98. The first kappa shape index (κ1) is 16.2. The summed E-state index contributed by atoms with van der Waals surface area (Å²) in [5, 5.41) is 3.03. The van der Waals surface area contributed by atoms with Crippen molar-refractivity contribution in [1.82, 2.24) is 20.3 Å². The van der Waals surface area contributed by atoms with E-state index in [2.05, 4.69) is 52.3 Å². The van der Waals surface area contributed by atoms with Crippen molar-refractivity contribution in [3.8, 4) is 22.5 Å². The zero-order valence-electron chi connectivity index (χ0n) is 15.5. The predicted octanol–water partition coefficient (Wildman–Crippen LogP) is 4.04. The van der Waals surface area contributed by atoms with E-state index in [1.54, 1.807) is 0 Å². The van der Waals surface area contributed by atoms with E-state index in [0.29, 0.717) is 5.92 Å². The monoisotopic (exact) mass is 358 g/mol. The number of nitrogens with zero attached hydrogens (tertiary/aromatic N) is 2. The molecule has 3 aromatic rings. The number of H-pyrrole nitrogens is 1. The van der Waals surface area contributed by atoms with E-state index in [9.17, 15) is 4.79 Å². The molecule has 0 radical (unpaired) electrons. The van der Waals surface area contributed by atoms with Crippen LogP contribution in [0.2, 0.25) is 0 Å². The van der Waals surface area contributed by atoms with E-state index in [4.69, 9.17) is 0 Å². The van der Waals surface area contributed by atoms with Crippen molar-refractivity contribution in [3.63, 3.8) is 0 Å². The molecule has 5 heteroatoms. The molecule has 5 nitrogen and oxygen atoms in total. The van der Waals surface area contributed by atoms with Crippen LogP contribution in [0.1, 0.15) is 54.4 Å². The Morgan fingerprint density at radius 3 is 2.63 bits per heavy atom. The van der Waals surface area contributed by atoms with Gasteiger partial charge in [0.15, 0.2) is 0 Å². The van der Waals surface area contributed by atoms with Gasteiger partial charge >= 0.3 is 0 Å². The van der Waals surface area contributed by atoms with Crippen LogP contribution in [0.5, 0.6) is 0 Å². The minimum Gasteiger partial charge on any atom is -0.357 e. The van der Waals surface area contributed by atoms with Crippen LogP contribution in [0.4, 0.5) is 0 Å². The molecule has 1 amide bonds. The van der Waals surface area contributed by atoms with Crippen molar-refractivity contribution in [2.45, 2.75) is 38.0 Å². The van der Waals surface area contributed by atoms with Gasteiger partial charge in [-0.15, -0.1) is 0 Å². The molecule has 0 bridgehead atoms. The Morgan fingerprint density at radius 1 is 1.07 bits per heavy atom. The van der Waals surface area contributed by atoms with Gasteiger partial charge in [-0.1, -0.05) is 13.8 Å². The van der Waals surface area contributed by atoms with Gasteiger partial charge in [-0.3, -0.25) is 14.8 Å². The SMILES string of the molecule is CC(C)c1ccc(-c2cc(-c3cc4c([nH]3)C3(CC3)CNC4=O)ccn2)cn1. The third-order valence-corrected chi connectivity index (χ3v) is 5.78. The fourth-order valence-electron chi connectivity index (χ4n) is 3.87. The molecular weight excluding hydrogens is 336 g/mol. The highest BCUT2D eigenvalue weighted by molar-refractivity contribution is 5.99. The number of aromatic amines is 1. The van der Waals surface area contributed by atoms with E-state index < -0.39 is 0 Å². The van der Waals surface area contributed by atoms with Gasteiger partial charge in [-0.25, -0.2) is 0 Å². The van der Waals surface area contributed by atoms with E-state index in [1.165, 1.54) is 0 Å². The average molecular weight is 358 g/mol. The van der Waals surface area contributed by atoms with Crippen LogP contribution in [-0.2, 0) is 5.41 Å². The summed E-state index contributed by atoms with van der Waals surface area (Å²) in [6.45, 7) is 5.02. The second-order valence-electron chi connectivity index (χ2n) is 7.99. The number of amides is 1. The van der Waals surface area contributed by atoms with Gasteiger partial charge in [0.1, 0.15) is 0 Å². The molecule has 1 spiro atoms. The number of fused-ring (bicyclic) bond motifs is 2. The molecule has 2 aliphatic rings. The van der Waals surface area contributed by atoms with Crippen LogP contribution in [-0.4, -0.2) is 27.4 Å². The number of rotatable bonds is 3. The van der Waals surface area contributed by atoms with Crippen LogP contribution >= 0.6 is 0 Å². The van der Waals surface area contributed by atoms with Crippen LogP contribution in [0, 0.1) is 0 Å². The van der Waals surface area contributed by atoms with Gasteiger partial charge in [0.05, 0.1) is 11.3 Å². The van der Waals surface area contributed by atoms with Gasteiger partial charge in [0.25, 0.3) is 5.91 Å². The van der Waals surface area contributed by atoms with Gasteiger partial charge in [0, 0.05) is 52.6 Å². The lowest BCUT2D eigenvalue weighted by Crippen LogP contribution is -2.38. The fraction of sp³-hybridized carbons (Fsp3) is 0.318. The van der Waals surface area contributed by atoms with Crippen LogP contribution in [0.3, 0.4) is 0 Å². The Balaban J connectivity index is 1.52. The molecule has 2 N–H and O–H groups in total. The zero-order chi connectivity index (χ0) is 18.6. The maximum atomic E-state index is 12.3. The topological polar surface area (TPSA) is 70.7 Å². The Labute approximate surface area is 158 Å². The van der Waals surface area contributed by atoms with Crippen LogP contribution in [0.25, 0.3) is 22.5 Å². The van der Waals surface area contributed by atoms with Crippen molar-refractivity contribution in [2.24, 2.45) is 0 Å². The maximum Gasteiger partial charge on any atom is 0.253 e. The summed E-state index contributed by atoms with van der Waals surface area (Å²) in [5.74, 6) is 0.428. The Bertz CT molecular complexity index is 1030. The summed E-state index contributed by atoms with van der Waals surface area (Å²) in [6.07, 6.45) is 5.97. The number of carbonyl (C=O) groups excluding carboxylic acids is 1. The van der Waals surface area contributed by atoms with E-state index >= 15 is 0 Å². The lowest BCUT2D eigenvalue weighted by atomic mass is 9.95. The summed E-state index contributed by atoms with van der Waals surface area (Å²) < 4.78 is 0. The maximum absolute atomic E-state index is 12.3. The van der Waals surface area contributed by atoms with Crippen LogP contribution in [0.15, 0.2) is 42.7 Å². The lowest BCUT2D eigenvalue weighted by Gasteiger charge is -2.21. The first-order valence-corrected chi connectivity index (χ1v) is 9.50. The normalized spacial score (nSPS) is 17.1. The van der Waals surface area contributed by atoms with Crippen molar-refractivity contribution in [3.05, 3.63) is 59.7 Å². The highest BCUT2D eigenvalue weighted by atomic mass is 16.1. The first-order chi connectivity index (χ1) is 13.1. The molecular formula is C22H22N4O. The summed E-state index contributed by atoms with van der Waals surface area (Å²) in [7, 11) is 0. The van der Waals surface area contributed by atoms with Crippen LogP contribution < -0.4 is 5.32 Å². The Kier molecular flexibility index (Phi) is 3.47. The number of hydrogen-bond acceptors (Lipinski definition) is 3. The van der Waals surface area contributed by atoms with Gasteiger partial charge in [0.2, 0.25) is 0 Å². The first-order valence-electron chi connectivity index (χ1n) is 9.50.